The first-order valence-electron chi connectivity index (χ1n) is 8.35. The highest BCUT2D eigenvalue weighted by Gasteiger charge is 2.11. The van der Waals surface area contributed by atoms with Gasteiger partial charge in [0.05, 0.1) is 11.0 Å². The topological polar surface area (TPSA) is 75.9 Å². The van der Waals surface area contributed by atoms with Crippen molar-refractivity contribution in [2.45, 2.75) is 4.90 Å². The van der Waals surface area contributed by atoms with Crippen molar-refractivity contribution in [3.8, 4) is 0 Å². The Hall–Kier alpha value is -2.67. The minimum atomic E-state index is 0.585. The van der Waals surface area contributed by atoms with Gasteiger partial charge in [0.2, 0.25) is 0 Å². The largest absolute Gasteiger partial charge is 0.399 e. The van der Waals surface area contributed by atoms with E-state index >= 15 is 0 Å². The second-order valence-corrected chi connectivity index (χ2v) is 7.71. The van der Waals surface area contributed by atoms with Crippen molar-refractivity contribution < 1.29 is 0 Å². The van der Waals surface area contributed by atoms with Gasteiger partial charge in [0.25, 0.3) is 0 Å². The standard InChI is InChI=1S/C20H15Cl2N5S/c21-12-1-6-15(7-2-12)24-19-20(27-28-16-8-3-13(22)4-9-16)25-17-10-5-14(23)11-18(17)26-19/h1-11H,23H2,(H,24,26)(H,25,27). The minimum Gasteiger partial charge on any atom is -0.399 e. The highest BCUT2D eigenvalue weighted by Crippen LogP contribution is 2.30. The van der Waals surface area contributed by atoms with E-state index < -0.39 is 0 Å². The average Bonchev–Trinajstić information content (AvgIpc) is 2.69. The van der Waals surface area contributed by atoms with Crippen molar-refractivity contribution in [1.82, 2.24) is 9.97 Å². The molecule has 0 radical (unpaired) electrons. The Morgan fingerprint density at radius 3 is 2.11 bits per heavy atom. The predicted octanol–water partition coefficient (Wildman–Crippen LogP) is 6.38. The highest BCUT2D eigenvalue weighted by molar-refractivity contribution is 8.00. The molecule has 0 spiro atoms. The van der Waals surface area contributed by atoms with Crippen LogP contribution in [0.25, 0.3) is 11.0 Å². The number of rotatable bonds is 5. The SMILES string of the molecule is Nc1ccc2nc(NSc3ccc(Cl)cc3)c(Nc3ccc(Cl)cc3)nc2c1. The van der Waals surface area contributed by atoms with Crippen LogP contribution < -0.4 is 15.8 Å². The lowest BCUT2D eigenvalue weighted by Gasteiger charge is -2.13. The molecule has 0 saturated heterocycles. The third kappa shape index (κ3) is 4.42. The second-order valence-electron chi connectivity index (χ2n) is 5.96. The number of aromatic nitrogens is 2. The summed E-state index contributed by atoms with van der Waals surface area (Å²) in [6.45, 7) is 0. The number of fused-ring (bicyclic) bond motifs is 1. The van der Waals surface area contributed by atoms with E-state index in [0.29, 0.717) is 32.9 Å². The van der Waals surface area contributed by atoms with Gasteiger partial charge in [0.1, 0.15) is 0 Å². The summed E-state index contributed by atoms with van der Waals surface area (Å²) in [4.78, 5) is 10.4. The van der Waals surface area contributed by atoms with Crippen LogP contribution in [0, 0.1) is 0 Å². The Bertz CT molecular complexity index is 1120. The van der Waals surface area contributed by atoms with Gasteiger partial charge in [0.15, 0.2) is 11.6 Å². The molecular formula is C20H15Cl2N5S. The van der Waals surface area contributed by atoms with E-state index in [9.17, 15) is 0 Å². The predicted molar refractivity (Wildman–Crippen MR) is 120 cm³/mol. The summed E-state index contributed by atoms with van der Waals surface area (Å²) in [6.07, 6.45) is 0. The molecular weight excluding hydrogens is 413 g/mol. The number of hydrogen-bond donors (Lipinski definition) is 3. The molecule has 4 rings (SSSR count). The molecule has 140 valence electrons. The van der Waals surface area contributed by atoms with Gasteiger partial charge in [-0.2, -0.15) is 0 Å². The Morgan fingerprint density at radius 2 is 1.39 bits per heavy atom. The Balaban J connectivity index is 1.68. The zero-order chi connectivity index (χ0) is 19.5. The van der Waals surface area contributed by atoms with Gasteiger partial charge in [-0.15, -0.1) is 0 Å². The molecule has 0 unspecified atom stereocenters. The van der Waals surface area contributed by atoms with Crippen molar-refractivity contribution in [2.24, 2.45) is 0 Å². The Kier molecular flexibility index (Phi) is 5.43. The van der Waals surface area contributed by atoms with Gasteiger partial charge < -0.3 is 15.8 Å². The zero-order valence-corrected chi connectivity index (χ0v) is 16.8. The summed E-state index contributed by atoms with van der Waals surface area (Å²) in [5.41, 5.74) is 8.83. The average molecular weight is 428 g/mol. The van der Waals surface area contributed by atoms with Crippen LogP contribution in [0.3, 0.4) is 0 Å². The first-order valence-corrected chi connectivity index (χ1v) is 9.92. The molecule has 5 nitrogen and oxygen atoms in total. The van der Waals surface area contributed by atoms with Gasteiger partial charge in [-0.3, -0.25) is 0 Å². The molecule has 0 aliphatic rings. The number of nitrogen functional groups attached to an aromatic ring is 1. The van der Waals surface area contributed by atoms with E-state index in [2.05, 4.69) is 10.0 Å². The molecule has 3 aromatic carbocycles. The fraction of sp³-hybridized carbons (Fsp3) is 0. The lowest BCUT2D eigenvalue weighted by Crippen LogP contribution is -2.02. The number of nitrogens with two attached hydrogens (primary N) is 1. The van der Waals surface area contributed by atoms with Crippen molar-refractivity contribution in [3.63, 3.8) is 0 Å². The maximum absolute atomic E-state index is 5.98. The third-order valence-electron chi connectivity index (χ3n) is 3.87. The number of benzene rings is 3. The summed E-state index contributed by atoms with van der Waals surface area (Å²) < 4.78 is 3.27. The Morgan fingerprint density at radius 1 is 0.750 bits per heavy atom. The molecule has 0 fully saturated rings. The van der Waals surface area contributed by atoms with E-state index in [1.807, 2.05) is 54.6 Å². The molecule has 4 aromatic rings. The maximum atomic E-state index is 5.98. The smallest absolute Gasteiger partial charge is 0.180 e. The van der Waals surface area contributed by atoms with E-state index in [-0.39, 0.29) is 0 Å². The number of nitrogens with zero attached hydrogens (tertiary/aromatic N) is 2. The molecule has 0 saturated carbocycles. The van der Waals surface area contributed by atoms with Crippen LogP contribution >= 0.6 is 35.1 Å². The van der Waals surface area contributed by atoms with Crippen molar-refractivity contribution in [3.05, 3.63) is 76.8 Å². The van der Waals surface area contributed by atoms with Gasteiger partial charge in [-0.05, 0) is 78.7 Å². The molecule has 1 heterocycles. The van der Waals surface area contributed by atoms with E-state index in [0.717, 1.165) is 16.1 Å². The quantitative estimate of drug-likeness (QED) is 0.253. The van der Waals surface area contributed by atoms with Crippen molar-refractivity contribution >= 4 is 69.2 Å². The lowest BCUT2D eigenvalue weighted by atomic mass is 10.2. The second kappa shape index (κ2) is 8.14. The van der Waals surface area contributed by atoms with Crippen molar-refractivity contribution in [2.75, 3.05) is 15.8 Å². The van der Waals surface area contributed by atoms with E-state index in [1.54, 1.807) is 12.1 Å². The summed E-state index contributed by atoms with van der Waals surface area (Å²) in [6, 6.07) is 20.4. The normalized spacial score (nSPS) is 10.8. The van der Waals surface area contributed by atoms with Crippen LogP contribution in [0.15, 0.2) is 71.6 Å². The van der Waals surface area contributed by atoms with Crippen LogP contribution in [0.4, 0.5) is 23.0 Å². The van der Waals surface area contributed by atoms with Crippen LogP contribution in [0.1, 0.15) is 0 Å². The molecule has 0 aliphatic heterocycles. The fourth-order valence-electron chi connectivity index (χ4n) is 2.51. The first-order chi connectivity index (χ1) is 13.6. The molecule has 0 amide bonds. The monoisotopic (exact) mass is 427 g/mol. The molecule has 0 bridgehead atoms. The van der Waals surface area contributed by atoms with Gasteiger partial charge in [-0.25, -0.2) is 9.97 Å². The van der Waals surface area contributed by atoms with Crippen LogP contribution in [-0.4, -0.2) is 9.97 Å². The van der Waals surface area contributed by atoms with Crippen molar-refractivity contribution in [1.29, 1.82) is 0 Å². The molecule has 0 atom stereocenters. The first kappa shape index (κ1) is 18.7. The van der Waals surface area contributed by atoms with E-state index in [4.69, 9.17) is 38.9 Å². The molecule has 4 N–H and O–H groups in total. The molecule has 28 heavy (non-hydrogen) atoms. The summed E-state index contributed by atoms with van der Waals surface area (Å²) in [5, 5.41) is 4.65. The number of halogens is 2. The van der Waals surface area contributed by atoms with Crippen LogP contribution in [0.2, 0.25) is 10.0 Å². The lowest BCUT2D eigenvalue weighted by molar-refractivity contribution is 1.29. The summed E-state index contributed by atoms with van der Waals surface area (Å²) in [7, 11) is 0. The zero-order valence-electron chi connectivity index (χ0n) is 14.5. The molecule has 0 aliphatic carbocycles. The summed E-state index contributed by atoms with van der Waals surface area (Å²) in [5.74, 6) is 1.19. The molecule has 1 aromatic heterocycles. The highest BCUT2D eigenvalue weighted by atomic mass is 35.5. The van der Waals surface area contributed by atoms with Gasteiger partial charge in [0, 0.05) is 26.3 Å². The number of anilines is 4. The van der Waals surface area contributed by atoms with Crippen LogP contribution in [-0.2, 0) is 0 Å². The Labute approximate surface area is 176 Å². The number of hydrogen-bond acceptors (Lipinski definition) is 6. The summed E-state index contributed by atoms with van der Waals surface area (Å²) >= 11 is 13.4. The fourth-order valence-corrected chi connectivity index (χ4v) is 3.39. The van der Waals surface area contributed by atoms with Crippen LogP contribution in [0.5, 0.6) is 0 Å². The van der Waals surface area contributed by atoms with E-state index in [1.165, 1.54) is 11.9 Å². The van der Waals surface area contributed by atoms with Gasteiger partial charge >= 0.3 is 0 Å². The van der Waals surface area contributed by atoms with Gasteiger partial charge in [-0.1, -0.05) is 23.2 Å². The minimum absolute atomic E-state index is 0.585. The number of nitrogens with one attached hydrogen (secondary N) is 2. The maximum Gasteiger partial charge on any atom is 0.180 e. The third-order valence-corrected chi connectivity index (χ3v) is 5.18. The molecule has 8 heteroatoms.